The molecule has 0 aliphatic heterocycles. The molecule has 0 heterocycles. The van der Waals surface area contributed by atoms with Gasteiger partial charge in [0.2, 0.25) is 0 Å². The molecule has 0 aliphatic rings. The lowest BCUT2D eigenvalue weighted by Crippen LogP contribution is -2.24. The number of carbonyl (C=O) groups is 2. The molecule has 0 atom stereocenters. The minimum atomic E-state index is -0.297. The first-order valence-corrected chi connectivity index (χ1v) is 8.26. The molecule has 2 amide bonds. The molecule has 2 N–H and O–H groups in total. The van der Waals surface area contributed by atoms with Crippen molar-refractivity contribution >= 4 is 29.1 Å². The molecule has 0 aromatic heterocycles. The molecule has 5 heteroatoms. The summed E-state index contributed by atoms with van der Waals surface area (Å²) in [5, 5.41) is 6.12. The number of carbonyl (C=O) groups excluding carboxylic acids is 2. The number of hydrogen-bond donors (Lipinski definition) is 2. The number of hydrogen-bond acceptors (Lipinski definition) is 2. The standard InChI is InChI=1S/C19H21ClN2O2/c1-4-8-21-18(23)14-6-5-7-15(11-14)19(24)22-17-13(3)9-12(2)10-16(17)20/h5-7,9-11H,4,8H2,1-3H3,(H,21,23)(H,22,24). The van der Waals surface area contributed by atoms with Crippen LogP contribution in [0.5, 0.6) is 0 Å². The Morgan fingerprint density at radius 3 is 2.33 bits per heavy atom. The van der Waals surface area contributed by atoms with Crippen LogP contribution in [0.25, 0.3) is 0 Å². The molecule has 2 rings (SSSR count). The van der Waals surface area contributed by atoms with Crippen molar-refractivity contribution in [1.82, 2.24) is 5.32 Å². The molecule has 0 unspecified atom stereocenters. The minimum absolute atomic E-state index is 0.184. The van der Waals surface area contributed by atoms with Gasteiger partial charge in [0.15, 0.2) is 0 Å². The Balaban J connectivity index is 2.20. The lowest BCUT2D eigenvalue weighted by atomic mass is 10.1. The second kappa shape index (κ2) is 7.97. The number of benzene rings is 2. The van der Waals surface area contributed by atoms with Crippen molar-refractivity contribution in [3.63, 3.8) is 0 Å². The quantitative estimate of drug-likeness (QED) is 0.847. The number of rotatable bonds is 5. The van der Waals surface area contributed by atoms with Crippen LogP contribution < -0.4 is 10.6 Å². The van der Waals surface area contributed by atoms with Crippen LogP contribution in [0.3, 0.4) is 0 Å². The Labute approximate surface area is 147 Å². The van der Waals surface area contributed by atoms with Crippen molar-refractivity contribution in [2.45, 2.75) is 27.2 Å². The van der Waals surface area contributed by atoms with Gasteiger partial charge in [-0.15, -0.1) is 0 Å². The number of halogens is 1. The molecule has 0 saturated carbocycles. The zero-order valence-electron chi connectivity index (χ0n) is 14.1. The van der Waals surface area contributed by atoms with Gasteiger partial charge in [-0.1, -0.05) is 30.7 Å². The fraction of sp³-hybridized carbons (Fsp3) is 0.263. The van der Waals surface area contributed by atoms with Crippen LogP contribution in [0.2, 0.25) is 5.02 Å². The van der Waals surface area contributed by atoms with Crippen molar-refractivity contribution in [3.8, 4) is 0 Å². The maximum atomic E-state index is 12.5. The number of aryl methyl sites for hydroxylation is 2. The van der Waals surface area contributed by atoms with Gasteiger partial charge in [0, 0.05) is 17.7 Å². The summed E-state index contributed by atoms with van der Waals surface area (Å²) in [6.45, 7) is 6.43. The Morgan fingerprint density at radius 2 is 1.71 bits per heavy atom. The van der Waals surface area contributed by atoms with Crippen LogP contribution in [-0.2, 0) is 0 Å². The fourth-order valence-electron chi connectivity index (χ4n) is 2.40. The molecule has 0 bridgehead atoms. The molecular formula is C19H21ClN2O2. The van der Waals surface area contributed by atoms with Crippen LogP contribution in [-0.4, -0.2) is 18.4 Å². The third-order valence-corrected chi connectivity index (χ3v) is 3.89. The SMILES string of the molecule is CCCNC(=O)c1cccc(C(=O)Nc2c(C)cc(C)cc2Cl)c1. The summed E-state index contributed by atoms with van der Waals surface area (Å²) in [6.07, 6.45) is 0.858. The second-order valence-electron chi connectivity index (χ2n) is 5.73. The normalized spacial score (nSPS) is 10.3. The monoisotopic (exact) mass is 344 g/mol. The number of anilines is 1. The van der Waals surface area contributed by atoms with Crippen LogP contribution in [0.1, 0.15) is 45.2 Å². The number of nitrogens with one attached hydrogen (secondary N) is 2. The number of amides is 2. The molecule has 2 aromatic rings. The molecule has 24 heavy (non-hydrogen) atoms. The highest BCUT2D eigenvalue weighted by Crippen LogP contribution is 2.27. The first-order chi connectivity index (χ1) is 11.4. The summed E-state index contributed by atoms with van der Waals surface area (Å²) in [7, 11) is 0. The molecule has 0 radical (unpaired) electrons. The Morgan fingerprint density at radius 1 is 1.04 bits per heavy atom. The van der Waals surface area contributed by atoms with Crippen LogP contribution >= 0.6 is 11.6 Å². The Kier molecular flexibility index (Phi) is 5.99. The molecular weight excluding hydrogens is 324 g/mol. The molecule has 0 spiro atoms. The molecule has 0 saturated heterocycles. The van der Waals surface area contributed by atoms with Gasteiger partial charge in [-0.2, -0.15) is 0 Å². The second-order valence-corrected chi connectivity index (χ2v) is 6.14. The smallest absolute Gasteiger partial charge is 0.255 e. The van der Waals surface area contributed by atoms with E-state index >= 15 is 0 Å². The van der Waals surface area contributed by atoms with Crippen LogP contribution in [0.15, 0.2) is 36.4 Å². The average molecular weight is 345 g/mol. The van der Waals surface area contributed by atoms with Crippen molar-refractivity contribution in [1.29, 1.82) is 0 Å². The van der Waals surface area contributed by atoms with E-state index in [0.717, 1.165) is 17.5 Å². The van der Waals surface area contributed by atoms with E-state index in [1.165, 1.54) is 0 Å². The predicted molar refractivity (Wildman–Crippen MR) is 97.9 cm³/mol. The third-order valence-electron chi connectivity index (χ3n) is 3.59. The summed E-state index contributed by atoms with van der Waals surface area (Å²) in [6, 6.07) is 10.4. The van der Waals surface area contributed by atoms with E-state index < -0.39 is 0 Å². The van der Waals surface area contributed by atoms with E-state index in [9.17, 15) is 9.59 Å². The molecule has 0 aliphatic carbocycles. The van der Waals surface area contributed by atoms with E-state index in [0.29, 0.717) is 28.4 Å². The van der Waals surface area contributed by atoms with Gasteiger partial charge in [0.05, 0.1) is 10.7 Å². The average Bonchev–Trinajstić information content (AvgIpc) is 2.55. The highest BCUT2D eigenvalue weighted by atomic mass is 35.5. The zero-order chi connectivity index (χ0) is 17.7. The topological polar surface area (TPSA) is 58.2 Å². The van der Waals surface area contributed by atoms with Gasteiger partial charge in [-0.05, 0) is 55.7 Å². The highest BCUT2D eigenvalue weighted by molar-refractivity contribution is 6.34. The molecule has 0 fully saturated rings. The largest absolute Gasteiger partial charge is 0.352 e. The van der Waals surface area contributed by atoms with Crippen LogP contribution in [0, 0.1) is 13.8 Å². The lowest BCUT2D eigenvalue weighted by Gasteiger charge is -2.12. The first kappa shape index (κ1) is 18.0. The van der Waals surface area contributed by atoms with E-state index in [2.05, 4.69) is 10.6 Å². The molecule has 2 aromatic carbocycles. The Bertz CT molecular complexity index is 749. The summed E-state index contributed by atoms with van der Waals surface area (Å²) < 4.78 is 0. The van der Waals surface area contributed by atoms with Crippen molar-refractivity contribution in [3.05, 3.63) is 63.7 Å². The van der Waals surface area contributed by atoms with Crippen molar-refractivity contribution < 1.29 is 9.59 Å². The van der Waals surface area contributed by atoms with Crippen molar-refractivity contribution in [2.75, 3.05) is 11.9 Å². The van der Waals surface area contributed by atoms with E-state index in [1.54, 1.807) is 30.3 Å². The van der Waals surface area contributed by atoms with Gasteiger partial charge >= 0.3 is 0 Å². The maximum absolute atomic E-state index is 12.5. The van der Waals surface area contributed by atoms with Crippen LogP contribution in [0.4, 0.5) is 5.69 Å². The summed E-state index contributed by atoms with van der Waals surface area (Å²) in [5.41, 5.74) is 3.39. The zero-order valence-corrected chi connectivity index (χ0v) is 14.8. The van der Waals surface area contributed by atoms with Gasteiger partial charge < -0.3 is 10.6 Å². The van der Waals surface area contributed by atoms with E-state index in [-0.39, 0.29) is 11.8 Å². The lowest BCUT2D eigenvalue weighted by molar-refractivity contribution is 0.0953. The van der Waals surface area contributed by atoms with Gasteiger partial charge in [-0.25, -0.2) is 0 Å². The summed E-state index contributed by atoms with van der Waals surface area (Å²) >= 11 is 6.23. The molecule has 126 valence electrons. The summed E-state index contributed by atoms with van der Waals surface area (Å²) in [4.78, 5) is 24.5. The van der Waals surface area contributed by atoms with E-state index in [4.69, 9.17) is 11.6 Å². The van der Waals surface area contributed by atoms with Gasteiger partial charge in [0.25, 0.3) is 11.8 Å². The fourth-order valence-corrected chi connectivity index (χ4v) is 2.77. The maximum Gasteiger partial charge on any atom is 0.255 e. The van der Waals surface area contributed by atoms with Crippen molar-refractivity contribution in [2.24, 2.45) is 0 Å². The Hall–Kier alpha value is -2.33. The highest BCUT2D eigenvalue weighted by Gasteiger charge is 2.13. The van der Waals surface area contributed by atoms with E-state index in [1.807, 2.05) is 26.8 Å². The third kappa shape index (κ3) is 4.36. The minimum Gasteiger partial charge on any atom is -0.352 e. The van der Waals surface area contributed by atoms with Gasteiger partial charge in [-0.3, -0.25) is 9.59 Å². The predicted octanol–water partition coefficient (Wildman–Crippen LogP) is 4.35. The first-order valence-electron chi connectivity index (χ1n) is 7.88. The van der Waals surface area contributed by atoms with Gasteiger partial charge in [0.1, 0.15) is 0 Å². The molecule has 4 nitrogen and oxygen atoms in total. The summed E-state index contributed by atoms with van der Waals surface area (Å²) in [5.74, 6) is -0.481.